The molecule has 0 radical (unpaired) electrons. The Morgan fingerprint density at radius 1 is 1.06 bits per heavy atom. The Morgan fingerprint density at radius 3 is 2.42 bits per heavy atom. The summed E-state index contributed by atoms with van der Waals surface area (Å²) in [5.74, 6) is 0.302. The molecule has 2 aromatic carbocycles. The molecule has 6 nitrogen and oxygen atoms in total. The summed E-state index contributed by atoms with van der Waals surface area (Å²) in [6.07, 6.45) is 1.19. The van der Waals surface area contributed by atoms with Crippen LogP contribution < -0.4 is 4.90 Å². The molecule has 9 heteroatoms. The molecule has 0 unspecified atom stereocenters. The predicted octanol–water partition coefficient (Wildman–Crippen LogP) is 4.17. The molecule has 0 atom stereocenters. The Hall–Kier alpha value is -1.94. The SMILES string of the molecule is CCN(CC)CCN(C(=O)CSc1ccccc1)c1nc2ccc(S(C)(=O)=O)cc2s1. The number of anilines is 1. The number of benzene rings is 2. The molecule has 1 heterocycles. The van der Waals surface area contributed by atoms with Gasteiger partial charge in [0.2, 0.25) is 5.91 Å². The van der Waals surface area contributed by atoms with E-state index in [1.165, 1.54) is 29.4 Å². The first kappa shape index (κ1) is 23.7. The Labute approximate surface area is 192 Å². The summed E-state index contributed by atoms with van der Waals surface area (Å²) in [4.78, 5) is 23.1. The van der Waals surface area contributed by atoms with Crippen molar-refractivity contribution in [3.8, 4) is 0 Å². The van der Waals surface area contributed by atoms with E-state index in [1.807, 2.05) is 30.3 Å². The third-order valence-electron chi connectivity index (χ3n) is 4.95. The highest BCUT2D eigenvalue weighted by Crippen LogP contribution is 2.31. The molecule has 0 fully saturated rings. The minimum Gasteiger partial charge on any atom is -0.302 e. The third kappa shape index (κ3) is 6.29. The zero-order chi connectivity index (χ0) is 22.4. The lowest BCUT2D eigenvalue weighted by Crippen LogP contribution is -2.39. The van der Waals surface area contributed by atoms with Gasteiger partial charge in [-0.05, 0) is 43.4 Å². The fourth-order valence-electron chi connectivity index (χ4n) is 3.09. The molecule has 0 saturated carbocycles. The number of thioether (sulfide) groups is 1. The van der Waals surface area contributed by atoms with Gasteiger partial charge in [-0.1, -0.05) is 43.4 Å². The van der Waals surface area contributed by atoms with Crippen molar-refractivity contribution in [1.29, 1.82) is 0 Å². The number of sulfone groups is 1. The number of hydrogen-bond donors (Lipinski definition) is 0. The van der Waals surface area contributed by atoms with Crippen LogP contribution in [0.1, 0.15) is 13.8 Å². The zero-order valence-corrected chi connectivity index (χ0v) is 20.4. The number of carbonyl (C=O) groups is 1. The van der Waals surface area contributed by atoms with Gasteiger partial charge < -0.3 is 4.90 Å². The molecule has 0 aliphatic rings. The maximum absolute atomic E-state index is 13.2. The first-order valence-corrected chi connectivity index (χ1v) is 13.8. The van der Waals surface area contributed by atoms with Gasteiger partial charge in [-0.2, -0.15) is 0 Å². The predicted molar refractivity (Wildman–Crippen MR) is 130 cm³/mol. The molecule has 1 amide bonds. The molecule has 166 valence electrons. The molecule has 0 aliphatic carbocycles. The maximum atomic E-state index is 13.2. The number of thiazole rings is 1. The van der Waals surface area contributed by atoms with Crippen LogP contribution in [0, 0.1) is 0 Å². The van der Waals surface area contributed by atoms with E-state index in [2.05, 4.69) is 23.7 Å². The summed E-state index contributed by atoms with van der Waals surface area (Å²) >= 11 is 2.86. The number of carbonyl (C=O) groups excluding carboxylic acids is 1. The van der Waals surface area contributed by atoms with Gasteiger partial charge in [0.1, 0.15) is 0 Å². The van der Waals surface area contributed by atoms with Gasteiger partial charge in [0.15, 0.2) is 15.0 Å². The van der Waals surface area contributed by atoms with Crippen LogP contribution in [0.4, 0.5) is 5.13 Å². The van der Waals surface area contributed by atoms with Crippen LogP contribution in [0.2, 0.25) is 0 Å². The van der Waals surface area contributed by atoms with Crippen molar-refractivity contribution in [2.75, 3.05) is 43.1 Å². The van der Waals surface area contributed by atoms with Gasteiger partial charge in [0.05, 0.1) is 20.9 Å². The Balaban J connectivity index is 1.86. The van der Waals surface area contributed by atoms with Crippen molar-refractivity contribution in [3.63, 3.8) is 0 Å². The number of nitrogens with zero attached hydrogens (tertiary/aromatic N) is 3. The summed E-state index contributed by atoms with van der Waals surface area (Å²) in [5.41, 5.74) is 0.698. The van der Waals surface area contributed by atoms with Gasteiger partial charge in [-0.15, -0.1) is 11.8 Å². The van der Waals surface area contributed by atoms with Crippen molar-refractivity contribution < 1.29 is 13.2 Å². The van der Waals surface area contributed by atoms with Gasteiger partial charge in [-0.25, -0.2) is 13.4 Å². The van der Waals surface area contributed by atoms with Crippen LogP contribution in [-0.2, 0) is 14.6 Å². The van der Waals surface area contributed by atoms with Crippen LogP contribution in [0.5, 0.6) is 0 Å². The van der Waals surface area contributed by atoms with Crippen LogP contribution in [0.25, 0.3) is 10.2 Å². The van der Waals surface area contributed by atoms with E-state index in [0.29, 0.717) is 22.9 Å². The van der Waals surface area contributed by atoms with E-state index in [0.717, 1.165) is 29.2 Å². The molecule has 0 spiro atoms. The van der Waals surface area contributed by atoms with Crippen molar-refractivity contribution in [1.82, 2.24) is 9.88 Å². The van der Waals surface area contributed by atoms with Gasteiger partial charge in [0.25, 0.3) is 0 Å². The standard InChI is InChI=1S/C22H27N3O3S3/c1-4-24(5-2)13-14-25(21(26)16-29-17-9-7-6-8-10-17)22-23-19-12-11-18(31(3,27)28)15-20(19)30-22/h6-12,15H,4-5,13-14,16H2,1-3H3. The first-order chi connectivity index (χ1) is 14.8. The Bertz CT molecular complexity index is 1130. The minimum atomic E-state index is -3.30. The highest BCUT2D eigenvalue weighted by molar-refractivity contribution is 8.00. The number of hydrogen-bond acceptors (Lipinski definition) is 7. The topological polar surface area (TPSA) is 70.6 Å². The van der Waals surface area contributed by atoms with Crippen LogP contribution in [-0.4, -0.2) is 62.4 Å². The summed E-state index contributed by atoms with van der Waals surface area (Å²) < 4.78 is 24.6. The van der Waals surface area contributed by atoms with Crippen molar-refractivity contribution >= 4 is 54.2 Å². The highest BCUT2D eigenvalue weighted by atomic mass is 32.2. The average Bonchev–Trinajstić information content (AvgIpc) is 3.18. The van der Waals surface area contributed by atoms with Gasteiger partial charge in [-0.3, -0.25) is 9.69 Å². The molecule has 31 heavy (non-hydrogen) atoms. The van der Waals surface area contributed by atoms with E-state index in [9.17, 15) is 13.2 Å². The molecule has 0 bridgehead atoms. The average molecular weight is 478 g/mol. The molecule has 3 rings (SSSR count). The largest absolute Gasteiger partial charge is 0.302 e. The quantitative estimate of drug-likeness (QED) is 0.408. The van der Waals surface area contributed by atoms with Crippen LogP contribution >= 0.6 is 23.1 Å². The van der Waals surface area contributed by atoms with Gasteiger partial charge in [0, 0.05) is 24.2 Å². The van der Waals surface area contributed by atoms with Crippen LogP contribution in [0.3, 0.4) is 0 Å². The van der Waals surface area contributed by atoms with Crippen molar-refractivity contribution in [2.45, 2.75) is 23.6 Å². The number of fused-ring (bicyclic) bond motifs is 1. The van der Waals surface area contributed by atoms with E-state index >= 15 is 0 Å². The molecule has 0 N–H and O–H groups in total. The Kier molecular flexibility index (Phi) is 8.10. The van der Waals surface area contributed by atoms with Gasteiger partial charge >= 0.3 is 0 Å². The summed E-state index contributed by atoms with van der Waals surface area (Å²) in [5, 5.41) is 0.603. The minimum absolute atomic E-state index is 0.0107. The number of likely N-dealkylation sites (N-methyl/N-ethyl adjacent to an activating group) is 1. The third-order valence-corrected chi connectivity index (χ3v) is 8.10. The van der Waals surface area contributed by atoms with E-state index in [1.54, 1.807) is 23.1 Å². The summed E-state index contributed by atoms with van der Waals surface area (Å²) in [6.45, 7) is 7.31. The lowest BCUT2D eigenvalue weighted by molar-refractivity contribution is -0.116. The summed E-state index contributed by atoms with van der Waals surface area (Å²) in [6, 6.07) is 14.7. The van der Waals surface area contributed by atoms with Crippen molar-refractivity contribution in [2.24, 2.45) is 0 Å². The second-order valence-electron chi connectivity index (χ2n) is 7.07. The summed E-state index contributed by atoms with van der Waals surface area (Å²) in [7, 11) is -3.30. The van der Waals surface area contributed by atoms with E-state index in [-0.39, 0.29) is 10.8 Å². The molecular formula is C22H27N3O3S3. The second-order valence-corrected chi connectivity index (χ2v) is 11.1. The molecule has 0 saturated heterocycles. The van der Waals surface area contributed by atoms with E-state index in [4.69, 9.17) is 0 Å². The fraction of sp³-hybridized carbons (Fsp3) is 0.364. The zero-order valence-electron chi connectivity index (χ0n) is 17.9. The second kappa shape index (κ2) is 10.6. The normalized spacial score (nSPS) is 11.9. The number of aromatic nitrogens is 1. The number of rotatable bonds is 10. The monoisotopic (exact) mass is 477 g/mol. The molecule has 3 aromatic rings. The maximum Gasteiger partial charge on any atom is 0.239 e. The molecule has 0 aliphatic heterocycles. The highest BCUT2D eigenvalue weighted by Gasteiger charge is 2.21. The van der Waals surface area contributed by atoms with Crippen LogP contribution in [0.15, 0.2) is 58.3 Å². The lowest BCUT2D eigenvalue weighted by Gasteiger charge is -2.24. The smallest absolute Gasteiger partial charge is 0.239 e. The van der Waals surface area contributed by atoms with Crippen molar-refractivity contribution in [3.05, 3.63) is 48.5 Å². The lowest BCUT2D eigenvalue weighted by atomic mass is 10.3. The van der Waals surface area contributed by atoms with E-state index < -0.39 is 9.84 Å². The first-order valence-electron chi connectivity index (χ1n) is 10.1. The number of amides is 1. The molecule has 1 aromatic heterocycles. The Morgan fingerprint density at radius 2 is 1.77 bits per heavy atom. The molecular weight excluding hydrogens is 450 g/mol. The fourth-order valence-corrected chi connectivity index (χ4v) is 5.65.